The number of amides is 2. The first-order chi connectivity index (χ1) is 24.2. The highest BCUT2D eigenvalue weighted by Crippen LogP contribution is 2.51. The van der Waals surface area contributed by atoms with Crippen molar-refractivity contribution in [3.63, 3.8) is 0 Å². The zero-order chi connectivity index (χ0) is 38.1. The SMILES string of the molecule is CC(C)(C)OC(=O)N1CC(CCCOc2cccc(S(=O)(=O)NC(=O)c3ccc(-n4ccc(OCCC5CC5C(F)(F)F)n4)nc3Cl)n2)CC1(C)C. The third-order valence-electron chi connectivity index (χ3n) is 8.74. The van der Waals surface area contributed by atoms with Crippen LogP contribution in [0.25, 0.3) is 5.82 Å². The minimum Gasteiger partial charge on any atom is -0.478 e. The van der Waals surface area contributed by atoms with Crippen LogP contribution in [0.2, 0.25) is 5.15 Å². The number of pyridine rings is 2. The third-order valence-corrected chi connectivity index (χ3v) is 10.3. The van der Waals surface area contributed by atoms with E-state index >= 15 is 0 Å². The molecular formula is C34H42ClF3N6O7S. The normalized spacial score (nSPS) is 20.0. The lowest BCUT2D eigenvalue weighted by Crippen LogP contribution is -2.45. The van der Waals surface area contributed by atoms with Crippen molar-refractivity contribution in [1.29, 1.82) is 0 Å². The first-order valence-electron chi connectivity index (χ1n) is 16.8. The molecule has 2 amide bonds. The molecule has 0 aromatic carbocycles. The number of rotatable bonds is 13. The van der Waals surface area contributed by atoms with Gasteiger partial charge in [-0.25, -0.2) is 19.2 Å². The molecule has 1 saturated carbocycles. The van der Waals surface area contributed by atoms with Gasteiger partial charge in [-0.3, -0.25) is 4.79 Å². The van der Waals surface area contributed by atoms with Crippen LogP contribution in [0.4, 0.5) is 18.0 Å². The second-order valence-electron chi connectivity index (χ2n) is 14.6. The van der Waals surface area contributed by atoms with E-state index in [1.54, 1.807) is 4.90 Å². The molecule has 2 fully saturated rings. The summed E-state index contributed by atoms with van der Waals surface area (Å²) in [5, 5.41) is 3.43. The summed E-state index contributed by atoms with van der Waals surface area (Å²) in [4.78, 5) is 35.6. The van der Waals surface area contributed by atoms with E-state index in [-0.39, 0.29) is 71.9 Å². The van der Waals surface area contributed by atoms with Crippen LogP contribution in [0.1, 0.15) is 77.1 Å². The largest absolute Gasteiger partial charge is 0.478 e. The molecule has 0 bridgehead atoms. The summed E-state index contributed by atoms with van der Waals surface area (Å²) >= 11 is 6.25. The number of nitrogens with zero attached hydrogens (tertiary/aromatic N) is 5. The zero-order valence-electron chi connectivity index (χ0n) is 29.4. The van der Waals surface area contributed by atoms with E-state index in [4.69, 9.17) is 25.8 Å². The quantitative estimate of drug-likeness (QED) is 0.149. The number of hydrogen-bond donors (Lipinski definition) is 1. The molecule has 0 radical (unpaired) electrons. The molecule has 18 heteroatoms. The minimum absolute atomic E-state index is 0.0575. The summed E-state index contributed by atoms with van der Waals surface area (Å²) in [5.41, 5.74) is -1.17. The van der Waals surface area contributed by atoms with Crippen molar-refractivity contribution in [3.8, 4) is 17.6 Å². The molecule has 2 aliphatic rings. The van der Waals surface area contributed by atoms with Gasteiger partial charge in [0.2, 0.25) is 11.8 Å². The molecule has 3 atom stereocenters. The predicted octanol–water partition coefficient (Wildman–Crippen LogP) is 6.60. The van der Waals surface area contributed by atoms with Gasteiger partial charge < -0.3 is 19.1 Å². The van der Waals surface area contributed by atoms with Gasteiger partial charge in [-0.05, 0) is 96.8 Å². The number of carbonyl (C=O) groups is 2. The average molecular weight is 771 g/mol. The Bertz CT molecular complexity index is 1880. The van der Waals surface area contributed by atoms with E-state index < -0.39 is 44.6 Å². The number of carbonyl (C=O) groups excluding carboxylic acids is 2. The number of likely N-dealkylation sites (tertiary alicyclic amines) is 1. The Morgan fingerprint density at radius 3 is 2.42 bits per heavy atom. The molecule has 1 saturated heterocycles. The molecule has 1 N–H and O–H groups in total. The van der Waals surface area contributed by atoms with Crippen molar-refractivity contribution in [3.05, 3.63) is 53.3 Å². The first kappa shape index (κ1) is 39.1. The van der Waals surface area contributed by atoms with Gasteiger partial charge >= 0.3 is 12.3 Å². The lowest BCUT2D eigenvalue weighted by atomic mass is 9.93. The Morgan fingerprint density at radius 1 is 1.02 bits per heavy atom. The predicted molar refractivity (Wildman–Crippen MR) is 183 cm³/mol. The van der Waals surface area contributed by atoms with Crippen molar-refractivity contribution in [1.82, 2.24) is 29.4 Å². The van der Waals surface area contributed by atoms with Crippen molar-refractivity contribution >= 4 is 33.6 Å². The summed E-state index contributed by atoms with van der Waals surface area (Å²) < 4.78 is 84.3. The Labute approximate surface area is 305 Å². The van der Waals surface area contributed by atoms with Crippen molar-refractivity contribution in [2.24, 2.45) is 17.8 Å². The van der Waals surface area contributed by atoms with E-state index in [2.05, 4.69) is 15.1 Å². The maximum atomic E-state index is 13.1. The van der Waals surface area contributed by atoms with E-state index in [9.17, 15) is 31.2 Å². The van der Waals surface area contributed by atoms with Crippen molar-refractivity contribution < 1.29 is 45.4 Å². The van der Waals surface area contributed by atoms with E-state index in [0.29, 0.717) is 13.0 Å². The highest BCUT2D eigenvalue weighted by atomic mass is 35.5. The Hall–Kier alpha value is -4.12. The third kappa shape index (κ3) is 10.1. The minimum atomic E-state index is -4.44. The molecule has 284 valence electrons. The van der Waals surface area contributed by atoms with Gasteiger partial charge in [-0.1, -0.05) is 17.7 Å². The van der Waals surface area contributed by atoms with Crippen LogP contribution in [0, 0.1) is 17.8 Å². The van der Waals surface area contributed by atoms with Gasteiger partial charge in [-0.15, -0.1) is 5.10 Å². The molecule has 3 unspecified atom stereocenters. The van der Waals surface area contributed by atoms with Crippen LogP contribution >= 0.6 is 11.6 Å². The number of hydrogen-bond acceptors (Lipinski definition) is 10. The number of aromatic nitrogens is 4. The van der Waals surface area contributed by atoms with Gasteiger partial charge in [0, 0.05) is 30.4 Å². The maximum Gasteiger partial charge on any atom is 0.410 e. The van der Waals surface area contributed by atoms with Crippen LogP contribution in [-0.2, 0) is 14.8 Å². The molecule has 3 aromatic heterocycles. The fourth-order valence-electron chi connectivity index (χ4n) is 6.14. The van der Waals surface area contributed by atoms with Crippen molar-refractivity contribution in [2.45, 2.75) is 89.1 Å². The lowest BCUT2D eigenvalue weighted by molar-refractivity contribution is -0.151. The van der Waals surface area contributed by atoms with Crippen LogP contribution in [0.5, 0.6) is 11.8 Å². The molecule has 52 heavy (non-hydrogen) atoms. The molecular weight excluding hydrogens is 729 g/mol. The molecule has 3 aromatic rings. The fourth-order valence-corrected chi connectivity index (χ4v) is 7.30. The Kier molecular flexibility index (Phi) is 11.3. The van der Waals surface area contributed by atoms with Gasteiger partial charge in [0.25, 0.3) is 15.9 Å². The lowest BCUT2D eigenvalue weighted by Gasteiger charge is -2.33. The van der Waals surface area contributed by atoms with Crippen molar-refractivity contribution in [2.75, 3.05) is 19.8 Å². The van der Waals surface area contributed by atoms with Crippen LogP contribution in [-0.4, -0.2) is 82.1 Å². The summed E-state index contributed by atoms with van der Waals surface area (Å²) in [6.07, 6.45) is -0.473. The van der Waals surface area contributed by atoms with Gasteiger partial charge in [0.05, 0.1) is 24.7 Å². The van der Waals surface area contributed by atoms with Gasteiger partial charge in [0.1, 0.15) is 10.8 Å². The highest BCUT2D eigenvalue weighted by molar-refractivity contribution is 7.90. The smallest absolute Gasteiger partial charge is 0.410 e. The molecule has 5 rings (SSSR count). The average Bonchev–Trinajstić information content (AvgIpc) is 3.56. The number of halogens is 4. The monoisotopic (exact) mass is 770 g/mol. The summed E-state index contributed by atoms with van der Waals surface area (Å²) in [5.74, 6) is -2.13. The Balaban J connectivity index is 1.10. The number of ether oxygens (including phenoxy) is 3. The Morgan fingerprint density at radius 2 is 1.75 bits per heavy atom. The molecule has 4 heterocycles. The number of alkyl halides is 3. The van der Waals surface area contributed by atoms with Crippen LogP contribution in [0.3, 0.4) is 0 Å². The zero-order valence-corrected chi connectivity index (χ0v) is 31.0. The van der Waals surface area contributed by atoms with Crippen LogP contribution in [0.15, 0.2) is 47.6 Å². The van der Waals surface area contributed by atoms with E-state index in [1.165, 1.54) is 47.3 Å². The molecule has 0 spiro atoms. The second kappa shape index (κ2) is 15.1. The van der Waals surface area contributed by atoms with Crippen LogP contribution < -0.4 is 14.2 Å². The number of nitrogens with one attached hydrogen (secondary N) is 1. The fraction of sp³-hybridized carbons (Fsp3) is 0.559. The van der Waals surface area contributed by atoms with E-state index in [1.807, 2.05) is 39.3 Å². The first-order valence-corrected chi connectivity index (χ1v) is 18.7. The van der Waals surface area contributed by atoms with Gasteiger partial charge in [-0.2, -0.15) is 26.6 Å². The molecule has 13 nitrogen and oxygen atoms in total. The number of sulfonamides is 1. The second-order valence-corrected chi connectivity index (χ2v) is 16.6. The summed E-state index contributed by atoms with van der Waals surface area (Å²) in [7, 11) is -4.44. The van der Waals surface area contributed by atoms with Gasteiger partial charge in [0.15, 0.2) is 10.8 Å². The molecule has 1 aliphatic carbocycles. The highest BCUT2D eigenvalue weighted by Gasteiger charge is 2.55. The molecule has 1 aliphatic heterocycles. The standard InChI is InChI=1S/C34H42ClF3N6O7S/c1-32(2,3)51-31(46)43-20-21(19-33(43,4)5)8-7-16-49-26-9-6-10-28(40-26)52(47,48)42-30(45)23-11-12-25(39-29(23)35)44-15-13-27(41-44)50-17-14-22-18-24(22)34(36,37)38/h6,9-13,15,21-22,24H,7-8,14,16-20H2,1-5H3,(H,42,45). The maximum absolute atomic E-state index is 13.1. The summed E-state index contributed by atoms with van der Waals surface area (Å²) in [6, 6.07) is 8.32. The topological polar surface area (TPSA) is 155 Å². The summed E-state index contributed by atoms with van der Waals surface area (Å²) in [6.45, 7) is 10.4. The van der Waals surface area contributed by atoms with E-state index in [0.717, 1.165) is 12.8 Å².